The van der Waals surface area contributed by atoms with E-state index in [1.54, 1.807) is 30.3 Å². The van der Waals surface area contributed by atoms with Gasteiger partial charge in [0.05, 0.1) is 5.56 Å². The molecule has 0 radical (unpaired) electrons. The molecule has 0 atom stereocenters. The van der Waals surface area contributed by atoms with E-state index in [4.69, 9.17) is 4.74 Å². The van der Waals surface area contributed by atoms with E-state index in [0.29, 0.717) is 11.1 Å². The zero-order chi connectivity index (χ0) is 19.0. The maximum atomic E-state index is 13.0. The monoisotopic (exact) mass is 360 g/mol. The van der Waals surface area contributed by atoms with Crippen LogP contribution in [-0.4, -0.2) is 17.5 Å². The van der Waals surface area contributed by atoms with Gasteiger partial charge in [-0.25, -0.2) is 9.18 Å². The van der Waals surface area contributed by atoms with E-state index >= 15 is 0 Å². The Morgan fingerprint density at radius 2 is 1.41 bits per heavy atom. The maximum absolute atomic E-state index is 13.0. The molecule has 0 N–H and O–H groups in total. The Morgan fingerprint density at radius 1 is 0.778 bits per heavy atom. The third kappa shape index (κ3) is 2.93. The molecule has 4 rings (SSSR count). The molecule has 0 aliphatic heterocycles. The molecule has 0 fully saturated rings. The van der Waals surface area contributed by atoms with Crippen molar-refractivity contribution in [1.29, 1.82) is 0 Å². The van der Waals surface area contributed by atoms with Crippen molar-refractivity contribution < 1.29 is 23.5 Å². The highest BCUT2D eigenvalue weighted by Crippen LogP contribution is 2.29. The molecule has 27 heavy (non-hydrogen) atoms. The van der Waals surface area contributed by atoms with Crippen LogP contribution in [0.3, 0.4) is 0 Å². The molecule has 3 aromatic rings. The van der Waals surface area contributed by atoms with Crippen molar-refractivity contribution in [3.8, 4) is 0 Å². The molecule has 0 aromatic heterocycles. The lowest BCUT2D eigenvalue weighted by molar-refractivity contribution is 0.0470. The van der Waals surface area contributed by atoms with E-state index in [-0.39, 0.29) is 46.2 Å². The average molecular weight is 360 g/mol. The highest BCUT2D eigenvalue weighted by Gasteiger charge is 2.33. The van der Waals surface area contributed by atoms with Crippen LogP contribution in [0.2, 0.25) is 0 Å². The zero-order valence-corrected chi connectivity index (χ0v) is 14.1. The highest BCUT2D eigenvalue weighted by atomic mass is 19.1. The fraction of sp³-hybridized carbons (Fsp3) is 0.0455. The van der Waals surface area contributed by atoms with Gasteiger partial charge >= 0.3 is 5.97 Å². The molecule has 0 spiro atoms. The molecule has 5 heteroatoms. The highest BCUT2D eigenvalue weighted by molar-refractivity contribution is 6.30. The SMILES string of the molecule is O=C(OCc1ccc(F)cc1)c1cccc2c1C(=O)c1ccccc1C2=O. The minimum atomic E-state index is -0.711. The third-order valence-electron chi connectivity index (χ3n) is 4.46. The number of hydrogen-bond donors (Lipinski definition) is 0. The first kappa shape index (κ1) is 16.8. The van der Waals surface area contributed by atoms with Crippen LogP contribution in [0.25, 0.3) is 0 Å². The lowest BCUT2D eigenvalue weighted by Gasteiger charge is -2.19. The standard InChI is InChI=1S/C22H13FO4/c23-14-10-8-13(9-11-14)12-27-22(26)18-7-3-6-17-19(18)21(25)16-5-2-1-4-15(16)20(17)24/h1-11H,12H2. The third-order valence-corrected chi connectivity index (χ3v) is 4.46. The van der Waals surface area contributed by atoms with Gasteiger partial charge in [-0.2, -0.15) is 0 Å². The van der Waals surface area contributed by atoms with Crippen LogP contribution >= 0.6 is 0 Å². The van der Waals surface area contributed by atoms with Crippen LogP contribution in [0.4, 0.5) is 4.39 Å². The van der Waals surface area contributed by atoms with Crippen LogP contribution in [0.1, 0.15) is 47.8 Å². The van der Waals surface area contributed by atoms with Gasteiger partial charge in [-0.15, -0.1) is 0 Å². The predicted molar refractivity (Wildman–Crippen MR) is 95.3 cm³/mol. The number of carbonyl (C=O) groups is 3. The smallest absolute Gasteiger partial charge is 0.339 e. The topological polar surface area (TPSA) is 60.4 Å². The fourth-order valence-corrected chi connectivity index (χ4v) is 3.12. The number of ether oxygens (including phenoxy) is 1. The van der Waals surface area contributed by atoms with Crippen molar-refractivity contribution in [3.05, 3.63) is 106 Å². The Balaban J connectivity index is 1.67. The summed E-state index contributed by atoms with van der Waals surface area (Å²) in [7, 11) is 0. The van der Waals surface area contributed by atoms with E-state index in [9.17, 15) is 18.8 Å². The summed E-state index contributed by atoms with van der Waals surface area (Å²) in [6, 6.07) is 16.6. The number of hydrogen-bond acceptors (Lipinski definition) is 4. The number of ketones is 2. The lowest BCUT2D eigenvalue weighted by Crippen LogP contribution is -2.24. The number of benzene rings is 3. The van der Waals surface area contributed by atoms with E-state index in [1.807, 2.05) is 0 Å². The van der Waals surface area contributed by atoms with Gasteiger partial charge in [0.2, 0.25) is 0 Å². The van der Waals surface area contributed by atoms with Crippen molar-refractivity contribution in [2.24, 2.45) is 0 Å². The van der Waals surface area contributed by atoms with Crippen LogP contribution in [-0.2, 0) is 11.3 Å². The molecule has 0 unspecified atom stereocenters. The van der Waals surface area contributed by atoms with E-state index in [1.165, 1.54) is 36.4 Å². The first-order valence-corrected chi connectivity index (χ1v) is 8.29. The Bertz CT molecular complexity index is 1080. The molecule has 0 amide bonds. The van der Waals surface area contributed by atoms with Gasteiger partial charge in [0.25, 0.3) is 0 Å². The summed E-state index contributed by atoms with van der Waals surface area (Å²) in [5.41, 5.74) is 1.51. The fourth-order valence-electron chi connectivity index (χ4n) is 3.12. The van der Waals surface area contributed by atoms with Crippen LogP contribution in [0.5, 0.6) is 0 Å². The zero-order valence-electron chi connectivity index (χ0n) is 14.1. The van der Waals surface area contributed by atoms with Gasteiger partial charge in [0, 0.05) is 22.3 Å². The number of esters is 1. The van der Waals surface area contributed by atoms with Crippen LogP contribution in [0.15, 0.2) is 66.7 Å². The van der Waals surface area contributed by atoms with Crippen molar-refractivity contribution in [1.82, 2.24) is 0 Å². The molecule has 1 aliphatic carbocycles. The Labute approximate surface area is 154 Å². The molecule has 0 saturated carbocycles. The normalized spacial score (nSPS) is 12.3. The summed E-state index contributed by atoms with van der Waals surface area (Å²) in [5, 5.41) is 0. The Hall–Kier alpha value is -3.60. The molecule has 3 aromatic carbocycles. The number of halogens is 1. The van der Waals surface area contributed by atoms with Crippen molar-refractivity contribution in [3.63, 3.8) is 0 Å². The van der Waals surface area contributed by atoms with Gasteiger partial charge < -0.3 is 4.74 Å². The molecule has 0 bridgehead atoms. The van der Waals surface area contributed by atoms with E-state index in [0.717, 1.165) is 0 Å². The maximum Gasteiger partial charge on any atom is 0.339 e. The summed E-state index contributed by atoms with van der Waals surface area (Å²) < 4.78 is 18.2. The quantitative estimate of drug-likeness (QED) is 0.519. The summed E-state index contributed by atoms with van der Waals surface area (Å²) >= 11 is 0. The van der Waals surface area contributed by atoms with Gasteiger partial charge in [-0.3, -0.25) is 9.59 Å². The number of rotatable bonds is 3. The van der Waals surface area contributed by atoms with Gasteiger partial charge in [-0.05, 0) is 23.8 Å². The van der Waals surface area contributed by atoms with Crippen LogP contribution in [0, 0.1) is 5.82 Å². The Morgan fingerprint density at radius 3 is 2.11 bits per heavy atom. The van der Waals surface area contributed by atoms with Crippen molar-refractivity contribution in [2.45, 2.75) is 6.61 Å². The van der Waals surface area contributed by atoms with E-state index < -0.39 is 5.97 Å². The predicted octanol–water partition coefficient (Wildman–Crippen LogP) is 3.96. The Kier molecular flexibility index (Phi) is 4.12. The molecule has 0 saturated heterocycles. The van der Waals surface area contributed by atoms with Gasteiger partial charge in [-0.1, -0.05) is 48.5 Å². The second-order valence-corrected chi connectivity index (χ2v) is 6.13. The second kappa shape index (κ2) is 6.61. The summed E-state index contributed by atoms with van der Waals surface area (Å²) in [5.74, 6) is -1.77. The number of carbonyl (C=O) groups excluding carboxylic acids is 3. The molecular weight excluding hydrogens is 347 g/mol. The second-order valence-electron chi connectivity index (χ2n) is 6.13. The molecule has 132 valence electrons. The molecule has 0 heterocycles. The molecule has 4 nitrogen and oxygen atoms in total. The van der Waals surface area contributed by atoms with E-state index in [2.05, 4.69) is 0 Å². The first-order chi connectivity index (χ1) is 13.1. The van der Waals surface area contributed by atoms with Crippen molar-refractivity contribution in [2.75, 3.05) is 0 Å². The summed E-state index contributed by atoms with van der Waals surface area (Å²) in [6.07, 6.45) is 0. The first-order valence-electron chi connectivity index (χ1n) is 8.29. The summed E-state index contributed by atoms with van der Waals surface area (Å²) in [4.78, 5) is 38.1. The minimum Gasteiger partial charge on any atom is -0.457 e. The number of fused-ring (bicyclic) bond motifs is 2. The van der Waals surface area contributed by atoms with Crippen LogP contribution < -0.4 is 0 Å². The summed E-state index contributed by atoms with van der Waals surface area (Å²) in [6.45, 7) is -0.0680. The largest absolute Gasteiger partial charge is 0.457 e. The lowest BCUT2D eigenvalue weighted by atomic mass is 9.82. The average Bonchev–Trinajstić information content (AvgIpc) is 2.71. The van der Waals surface area contributed by atoms with Crippen molar-refractivity contribution >= 4 is 17.5 Å². The molecule has 1 aliphatic rings. The van der Waals surface area contributed by atoms with Gasteiger partial charge in [0.15, 0.2) is 11.6 Å². The molecular formula is C22H13FO4. The minimum absolute atomic E-state index is 0.0439. The van der Waals surface area contributed by atoms with Gasteiger partial charge in [0.1, 0.15) is 12.4 Å².